The summed E-state index contributed by atoms with van der Waals surface area (Å²) in [6.45, 7) is 3.49. The lowest BCUT2D eigenvalue weighted by Crippen LogP contribution is -2.45. The van der Waals surface area contributed by atoms with Crippen molar-refractivity contribution in [2.45, 2.75) is 26.5 Å². The summed E-state index contributed by atoms with van der Waals surface area (Å²) >= 11 is 10.4. The average molecular weight is 859 g/mol. The number of esters is 1. The van der Waals surface area contributed by atoms with Crippen LogP contribution in [0.15, 0.2) is 71.0 Å². The van der Waals surface area contributed by atoms with Crippen LogP contribution in [-0.4, -0.2) is 44.4 Å². The average Bonchev–Trinajstić information content (AvgIpc) is 3.00. The van der Waals surface area contributed by atoms with Crippen LogP contribution in [0.4, 0.5) is 4.79 Å². The molecule has 4 rings (SSSR count). The molecule has 1 atom stereocenters. The van der Waals surface area contributed by atoms with E-state index in [1.54, 1.807) is 44.2 Å². The smallest absolute Gasteiger partial charge is 0.338 e. The fraction of sp³-hybridized carbons (Fsp3) is 0.226. The van der Waals surface area contributed by atoms with Crippen molar-refractivity contribution in [3.8, 4) is 17.2 Å². The number of hydrogen-bond acceptors (Lipinski definition) is 8. The summed E-state index contributed by atoms with van der Waals surface area (Å²) in [6, 6.07) is 14.9. The van der Waals surface area contributed by atoms with Gasteiger partial charge in [0.15, 0.2) is 18.1 Å². The third-order valence-electron chi connectivity index (χ3n) is 6.37. The van der Waals surface area contributed by atoms with Crippen LogP contribution < -0.4 is 30.3 Å². The lowest BCUT2D eigenvalue weighted by atomic mass is 9.95. The third kappa shape index (κ3) is 9.23. The number of nitrogens with one attached hydrogen (secondary N) is 3. The zero-order chi connectivity index (χ0) is 32.5. The molecule has 45 heavy (non-hydrogen) atoms. The van der Waals surface area contributed by atoms with Gasteiger partial charge in [0.25, 0.3) is 5.91 Å². The highest BCUT2D eigenvalue weighted by Gasteiger charge is 2.32. The molecule has 0 aliphatic carbocycles. The van der Waals surface area contributed by atoms with Gasteiger partial charge in [-0.15, -0.1) is 0 Å². The number of methoxy groups -OCH3 is 1. The number of hydrazone groups is 1. The standard InChI is InChI=1S/C31H29ClI2N4O7/c1-4-43-30(40)27-17(2)36-31(41)37-28(27)19-7-10-24(25(12-19)42-3)44-16-26(39)38-35-14-20-11-22(33)13-23(34)29(20)45-15-18-5-8-21(32)9-6-18/h5-14,28H,4,15-16H2,1-3H3,(H,38,39)(H2,36,37,41)/b35-14+/t28-/m1/s1. The SMILES string of the molecule is CCOC(=O)C1=C(C)NC(=O)N[C@@H]1c1ccc(OCC(=O)N/N=C/c2cc(I)cc(I)c2OCc2ccc(Cl)cc2)c(OC)c1. The Balaban J connectivity index is 1.41. The fourth-order valence-electron chi connectivity index (χ4n) is 4.32. The van der Waals surface area contributed by atoms with Crippen molar-refractivity contribution < 1.29 is 33.3 Å². The Bertz CT molecular complexity index is 1650. The molecular weight excluding hydrogens is 830 g/mol. The lowest BCUT2D eigenvalue weighted by molar-refractivity contribution is -0.139. The second kappa shape index (κ2) is 16.1. The molecule has 3 aromatic carbocycles. The van der Waals surface area contributed by atoms with E-state index in [2.05, 4.69) is 66.3 Å². The fourth-order valence-corrected chi connectivity index (χ4v) is 6.49. The molecular formula is C31H29ClI2N4O7. The molecule has 14 heteroatoms. The van der Waals surface area contributed by atoms with Gasteiger partial charge in [-0.3, -0.25) is 4.79 Å². The molecule has 3 N–H and O–H groups in total. The monoisotopic (exact) mass is 858 g/mol. The quantitative estimate of drug-likeness (QED) is 0.0900. The number of carbonyl (C=O) groups is 3. The maximum Gasteiger partial charge on any atom is 0.338 e. The van der Waals surface area contributed by atoms with Gasteiger partial charge in [0, 0.05) is 19.9 Å². The predicted octanol–water partition coefficient (Wildman–Crippen LogP) is 5.86. The van der Waals surface area contributed by atoms with E-state index in [1.165, 1.54) is 13.3 Å². The third-order valence-corrected chi connectivity index (χ3v) is 8.05. The van der Waals surface area contributed by atoms with E-state index in [0.29, 0.717) is 40.0 Å². The Labute approximate surface area is 292 Å². The minimum Gasteiger partial charge on any atom is -0.493 e. The van der Waals surface area contributed by atoms with Crippen molar-refractivity contribution in [3.05, 3.63) is 94.7 Å². The van der Waals surface area contributed by atoms with Crippen LogP contribution in [0.3, 0.4) is 0 Å². The molecule has 0 radical (unpaired) electrons. The predicted molar refractivity (Wildman–Crippen MR) is 186 cm³/mol. The molecule has 0 fully saturated rings. The highest BCUT2D eigenvalue weighted by Crippen LogP contribution is 2.35. The Hall–Kier alpha value is -3.57. The van der Waals surface area contributed by atoms with Gasteiger partial charge in [-0.05, 0) is 107 Å². The van der Waals surface area contributed by atoms with Crippen LogP contribution in [0.2, 0.25) is 5.02 Å². The molecule has 0 spiro atoms. The zero-order valence-electron chi connectivity index (χ0n) is 24.4. The summed E-state index contributed by atoms with van der Waals surface area (Å²) in [4.78, 5) is 37.4. The molecule has 1 aliphatic rings. The van der Waals surface area contributed by atoms with E-state index >= 15 is 0 Å². The number of halogens is 3. The summed E-state index contributed by atoms with van der Waals surface area (Å²) in [5.41, 5.74) is 5.33. The number of rotatable bonds is 12. The number of nitrogens with zero attached hydrogens (tertiary/aromatic N) is 1. The van der Waals surface area contributed by atoms with Gasteiger partial charge in [0.05, 0.1) is 35.1 Å². The number of amides is 3. The number of carbonyl (C=O) groups excluding carboxylic acids is 3. The summed E-state index contributed by atoms with van der Waals surface area (Å²) in [7, 11) is 1.44. The number of ether oxygens (including phenoxy) is 4. The minimum absolute atomic E-state index is 0.182. The Morgan fingerprint density at radius 1 is 1.07 bits per heavy atom. The highest BCUT2D eigenvalue weighted by atomic mass is 127. The summed E-state index contributed by atoms with van der Waals surface area (Å²) in [5.74, 6) is 0.155. The van der Waals surface area contributed by atoms with E-state index in [1.807, 2.05) is 24.3 Å². The van der Waals surface area contributed by atoms with Gasteiger partial charge in [-0.1, -0.05) is 29.8 Å². The maximum absolute atomic E-state index is 12.6. The van der Waals surface area contributed by atoms with Crippen molar-refractivity contribution in [1.82, 2.24) is 16.1 Å². The molecule has 0 saturated heterocycles. The van der Waals surface area contributed by atoms with E-state index < -0.39 is 23.9 Å². The van der Waals surface area contributed by atoms with Gasteiger partial charge >= 0.3 is 12.0 Å². The lowest BCUT2D eigenvalue weighted by Gasteiger charge is -2.28. The molecule has 1 aliphatic heterocycles. The molecule has 0 unspecified atom stereocenters. The van der Waals surface area contributed by atoms with Gasteiger partial charge in [0.1, 0.15) is 12.4 Å². The van der Waals surface area contributed by atoms with Crippen LogP contribution in [-0.2, 0) is 20.9 Å². The zero-order valence-corrected chi connectivity index (χ0v) is 29.5. The van der Waals surface area contributed by atoms with Crippen molar-refractivity contribution in [1.29, 1.82) is 0 Å². The number of benzene rings is 3. The molecule has 0 bridgehead atoms. The van der Waals surface area contributed by atoms with Crippen LogP contribution >= 0.6 is 56.8 Å². The summed E-state index contributed by atoms with van der Waals surface area (Å²) in [6.07, 6.45) is 1.51. The van der Waals surface area contributed by atoms with Crippen molar-refractivity contribution in [2.75, 3.05) is 20.3 Å². The first-order chi connectivity index (χ1) is 21.6. The maximum atomic E-state index is 12.6. The first kappa shape index (κ1) is 34.3. The first-order valence-corrected chi connectivity index (χ1v) is 16.1. The van der Waals surface area contributed by atoms with Crippen molar-refractivity contribution in [2.24, 2.45) is 5.10 Å². The second-order valence-electron chi connectivity index (χ2n) is 9.50. The summed E-state index contributed by atoms with van der Waals surface area (Å²) < 4.78 is 24.3. The van der Waals surface area contributed by atoms with Crippen LogP contribution in [0.1, 0.15) is 36.6 Å². The number of allylic oxidation sites excluding steroid dienone is 1. The Kier molecular flexibility index (Phi) is 12.3. The molecule has 0 saturated carbocycles. The molecule has 3 aromatic rings. The van der Waals surface area contributed by atoms with Crippen LogP contribution in [0.25, 0.3) is 0 Å². The van der Waals surface area contributed by atoms with E-state index in [0.717, 1.165) is 12.7 Å². The van der Waals surface area contributed by atoms with Crippen molar-refractivity contribution >= 4 is 80.9 Å². The molecule has 3 amide bonds. The second-order valence-corrected chi connectivity index (χ2v) is 12.3. The van der Waals surface area contributed by atoms with E-state index in [4.69, 9.17) is 30.5 Å². The van der Waals surface area contributed by atoms with Crippen LogP contribution in [0, 0.1) is 7.14 Å². The molecule has 11 nitrogen and oxygen atoms in total. The summed E-state index contributed by atoms with van der Waals surface area (Å²) in [5, 5.41) is 10.1. The highest BCUT2D eigenvalue weighted by molar-refractivity contribution is 14.1. The van der Waals surface area contributed by atoms with E-state index in [-0.39, 0.29) is 24.5 Å². The molecule has 236 valence electrons. The Morgan fingerprint density at radius 3 is 2.53 bits per heavy atom. The largest absolute Gasteiger partial charge is 0.493 e. The normalized spacial score (nSPS) is 14.4. The van der Waals surface area contributed by atoms with E-state index in [9.17, 15) is 14.4 Å². The molecule has 0 aromatic heterocycles. The van der Waals surface area contributed by atoms with Gasteiger partial charge in [0.2, 0.25) is 0 Å². The van der Waals surface area contributed by atoms with Gasteiger partial charge in [-0.25, -0.2) is 15.0 Å². The molecule has 1 heterocycles. The number of hydrogen-bond donors (Lipinski definition) is 3. The van der Waals surface area contributed by atoms with Crippen molar-refractivity contribution in [3.63, 3.8) is 0 Å². The Morgan fingerprint density at radius 2 is 1.82 bits per heavy atom. The number of urea groups is 1. The first-order valence-electron chi connectivity index (χ1n) is 13.5. The topological polar surface area (TPSA) is 137 Å². The van der Waals surface area contributed by atoms with Crippen LogP contribution in [0.5, 0.6) is 17.2 Å². The van der Waals surface area contributed by atoms with Gasteiger partial charge < -0.3 is 29.6 Å². The van der Waals surface area contributed by atoms with Gasteiger partial charge in [-0.2, -0.15) is 5.10 Å². The minimum atomic E-state index is -0.775.